The summed E-state index contributed by atoms with van der Waals surface area (Å²) in [7, 11) is 13.3. The number of carboxylic acids is 3. The van der Waals surface area contributed by atoms with Gasteiger partial charge < -0.3 is 103 Å². The van der Waals surface area contributed by atoms with Gasteiger partial charge in [0, 0.05) is 172 Å². The van der Waals surface area contributed by atoms with Gasteiger partial charge in [-0.3, -0.25) is 71.9 Å². The third-order valence-electron chi connectivity index (χ3n) is 19.3. The van der Waals surface area contributed by atoms with E-state index in [1.807, 2.05) is 27.7 Å². The van der Waals surface area contributed by atoms with E-state index in [1.165, 1.54) is 69.3 Å². The molecule has 0 aliphatic carbocycles. The van der Waals surface area contributed by atoms with E-state index in [-0.39, 0.29) is 148 Å². The highest BCUT2D eigenvalue weighted by atomic mass is 32.7. The van der Waals surface area contributed by atoms with Gasteiger partial charge >= 0.3 is 29.8 Å². The minimum absolute atomic E-state index is 0.0118. The van der Waals surface area contributed by atoms with Crippen molar-refractivity contribution in [1.82, 2.24) is 31.9 Å². The summed E-state index contributed by atoms with van der Waals surface area (Å²) in [5, 5.41) is 46.9. The zero-order valence-electron chi connectivity index (χ0n) is 87.6. The Labute approximate surface area is 830 Å². The first-order valence-corrected chi connectivity index (χ1v) is 52.8. The number of ether oxygens (including phenoxy) is 3. The van der Waals surface area contributed by atoms with E-state index in [4.69, 9.17) is 42.4 Å². The van der Waals surface area contributed by atoms with Crippen molar-refractivity contribution in [3.05, 3.63) is 0 Å². The predicted octanol–water partition coefficient (Wildman–Crippen LogP) is 14.8. The molecule has 0 spiro atoms. The fourth-order valence-corrected chi connectivity index (χ4v) is 12.4. The van der Waals surface area contributed by atoms with Crippen LogP contribution in [0.5, 0.6) is 0 Å². The Morgan fingerprint density at radius 2 is 0.529 bits per heavy atom. The maximum absolute atomic E-state index is 11.6. The molecule has 0 aliphatic rings. The van der Waals surface area contributed by atoms with Crippen molar-refractivity contribution < 1.29 is 126 Å². The predicted molar refractivity (Wildman–Crippen MR) is 547 cm³/mol. The molecule has 798 valence electrons. The number of nitrogens with two attached hydrogens (primary N) is 3. The highest BCUT2D eigenvalue weighted by Crippen LogP contribution is 2.22. The third-order valence-corrected chi connectivity index (χ3v) is 22.0. The van der Waals surface area contributed by atoms with Crippen molar-refractivity contribution in [3.63, 3.8) is 0 Å². The molecule has 8 atom stereocenters. The topological polar surface area (TPSA) is 583 Å². The van der Waals surface area contributed by atoms with E-state index in [0.717, 1.165) is 208 Å². The molecule has 0 rings (SSSR count). The molecule has 35 nitrogen and oxygen atoms in total. The number of aliphatic hydroxyl groups is 1. The number of carboxylic acid groups (broad SMARTS) is 3. The second kappa shape index (κ2) is 118. The summed E-state index contributed by atoms with van der Waals surface area (Å²) >= 11 is 8.82. The Balaban J connectivity index is -0.000000126. The van der Waals surface area contributed by atoms with Gasteiger partial charge in [0.05, 0.1) is 51.0 Å². The van der Waals surface area contributed by atoms with Gasteiger partial charge in [0.25, 0.3) is 5.97 Å². The van der Waals surface area contributed by atoms with Crippen molar-refractivity contribution in [2.24, 2.45) is 58.6 Å². The highest BCUT2D eigenvalue weighted by Gasteiger charge is 2.26. The maximum Gasteiger partial charge on any atom is 0.309 e. The molecule has 0 saturated heterocycles. The van der Waals surface area contributed by atoms with Gasteiger partial charge in [-0.05, 0) is 167 Å². The number of hydrogen-bond donors (Lipinski definition) is 13. The zero-order valence-corrected chi connectivity index (χ0v) is 91.0. The lowest BCUT2D eigenvalue weighted by Crippen LogP contribution is -2.38. The molecule has 0 aromatic carbocycles. The Morgan fingerprint density at radius 1 is 0.309 bits per heavy atom. The number of unbranched alkanes of at least 4 members (excludes halogenated alkanes) is 12. The molecule has 0 bridgehead atoms. The fourth-order valence-electron chi connectivity index (χ4n) is 12.4. The molecule has 39 heteroatoms. The van der Waals surface area contributed by atoms with E-state index in [9.17, 15) is 86.3 Å². The molecular formula is C97H187N9O26P2S2. The van der Waals surface area contributed by atoms with Gasteiger partial charge in [-0.1, -0.05) is 158 Å². The number of rotatable bonds is 65. The maximum atomic E-state index is 11.6. The average Bonchev–Trinajstić information content (AvgIpc) is 0.925. The zero-order chi connectivity index (χ0) is 108. The molecule has 16 N–H and O–H groups in total. The summed E-state index contributed by atoms with van der Waals surface area (Å²) in [5.41, 5.74) is 16.4. The normalized spacial score (nSPS) is 11.6. The number of methoxy groups -OCH3 is 3. The molecule has 0 heterocycles. The number of carbonyl (C=O) groups is 19. The highest BCUT2D eigenvalue weighted by molar-refractivity contribution is 8.40. The quantitative estimate of drug-likeness (QED) is 0.0116. The lowest BCUT2D eigenvalue weighted by atomic mass is 9.93. The van der Waals surface area contributed by atoms with Gasteiger partial charge in [-0.15, -0.1) is 0 Å². The molecule has 0 aromatic heterocycles. The number of Topliss-reactive ketones (excluding diaryl/α,β-unsaturated/α-hetero) is 7. The Bertz CT molecular complexity index is 2990. The minimum Gasteiger partial charge on any atom is -0.481 e. The Morgan fingerprint density at radius 3 is 0.713 bits per heavy atom. The van der Waals surface area contributed by atoms with Crippen LogP contribution in [0, 0.1) is 41.4 Å². The lowest BCUT2D eigenvalue weighted by Gasteiger charge is -2.14. The van der Waals surface area contributed by atoms with Gasteiger partial charge in [-0.2, -0.15) is 0 Å². The third kappa shape index (κ3) is 126. The number of ketones is 7. The summed E-state index contributed by atoms with van der Waals surface area (Å²) in [4.78, 5) is 208. The second-order valence-corrected chi connectivity index (χ2v) is 36.5. The molecule has 0 aliphatic heterocycles. The SMILES string of the molecule is CC(=O)C[C@@H](CCCCNC(C)=O)C(=O)O.CC(=O)O.CCCC(=O)C[C@@H](CCCCN)C(=O)NC.CCCC(=O)C[C@@H](CCCCN)C(=O)NC.CCCC(=O)O.CCCCC[C@H](CC(=O)CCC)C(=O)NC.CCCCC[C@H](CC(C)=O)C(=O)OC.CCCCC[C@H](CC(C)=O)C(=O)OC.CCCCC[C@H](N)C(=O)NC.CO.COC(=O)[C@H](CCCCNC(C)=O)CC(C)=O.S=PP=S. The average molecular weight is 2020 g/mol. The van der Waals surface area contributed by atoms with Crippen molar-refractivity contribution in [1.29, 1.82) is 0 Å². The van der Waals surface area contributed by atoms with Crippen LogP contribution in [0.1, 0.15) is 380 Å². The first-order valence-electron chi connectivity index (χ1n) is 48.2. The Hall–Kier alpha value is -7.79. The standard InChI is InChI=1S/C13H25NO2.2C12H24N2O2.C12H21NO4.C11H19NO4.2C11H20O3.C8H18N2O.C4H8O2.C2H4O2.CH4O.P2S2/c1-4-6-7-9-11(13(16)14-3)10-12(15)8-5-2;2*1-3-6-11(15)9-10(12(16)14-2)7-4-5-8-13;1-9(14)8-11(12(16)17-3)6-4-5-7-13-10(2)15;1-8(13)7-10(11(15)16)5-3-4-6-12-9(2)14;2*1-4-5-6-7-10(8-9(2)12)11(13)14-3;1-3-4-5-6-7(9)8(11)10-2;1-2-3-4(5)6;1-2(3)4;1-2;3-1-2-4/h11H,4-10H2,1-3H3,(H,14,16);2*10H,3-9,13H2,1-2H3,(H,14,16);11H,4-8H2,1-3H3,(H,13,15);10H,3-7H2,1-2H3,(H,12,14)(H,15,16);2*10H,4-8H2,1-3H3;7H,3-6,9H2,1-2H3,(H,10,11);2-3H2,1H3,(H,5,6);1H3,(H,3,4);2H,1H3;/t11-;2*10-;11-;3*10-;7-;;;;/m11111110..../s1. The number of aliphatic hydroxyl groups excluding tert-OH is 1. The van der Waals surface area contributed by atoms with Crippen molar-refractivity contribution in [3.8, 4) is 0 Å². The molecule has 0 aromatic rings. The number of likely N-dealkylation sites (N-methyl/N-ethyl adjacent to an activating group) is 1. The van der Waals surface area contributed by atoms with E-state index < -0.39 is 23.8 Å². The van der Waals surface area contributed by atoms with Crippen molar-refractivity contribution in [2.45, 2.75) is 386 Å². The molecular weight excluding hydrogens is 1830 g/mol. The van der Waals surface area contributed by atoms with Crippen LogP contribution in [0.15, 0.2) is 0 Å². The summed E-state index contributed by atoms with van der Waals surface area (Å²) in [6, 6.07) is -0.313. The van der Waals surface area contributed by atoms with Gasteiger partial charge in [0.15, 0.2) is 0 Å². The number of amides is 6. The van der Waals surface area contributed by atoms with Crippen molar-refractivity contribution in [2.75, 3.05) is 82.8 Å². The van der Waals surface area contributed by atoms with Crippen molar-refractivity contribution >= 4 is 149 Å². The first-order chi connectivity index (χ1) is 64.2. The van der Waals surface area contributed by atoms with Crippen LogP contribution in [0.25, 0.3) is 0 Å². The summed E-state index contributed by atoms with van der Waals surface area (Å²) < 4.78 is 14.0. The van der Waals surface area contributed by atoms with E-state index in [1.54, 1.807) is 28.2 Å². The Kier molecular flexibility index (Phi) is 133. The smallest absolute Gasteiger partial charge is 0.309 e. The number of hydrogen-bond acceptors (Lipinski definition) is 28. The van der Waals surface area contributed by atoms with Crippen LogP contribution in [0.3, 0.4) is 0 Å². The van der Waals surface area contributed by atoms with Crippen LogP contribution >= 0.6 is 14.1 Å². The van der Waals surface area contributed by atoms with Crippen LogP contribution in [0.2, 0.25) is 0 Å². The van der Waals surface area contributed by atoms with E-state index >= 15 is 0 Å². The number of esters is 3. The molecule has 0 saturated carbocycles. The van der Waals surface area contributed by atoms with E-state index in [0.29, 0.717) is 103 Å². The largest absolute Gasteiger partial charge is 0.481 e. The number of aliphatic carboxylic acids is 3. The van der Waals surface area contributed by atoms with Gasteiger partial charge in [0.1, 0.15) is 40.5 Å². The fraction of sp³-hybridized carbons (Fsp3) is 0.804. The first kappa shape index (κ1) is 154. The van der Waals surface area contributed by atoms with E-state index in [2.05, 4.69) is 97.4 Å². The summed E-state index contributed by atoms with van der Waals surface area (Å²) in [6.07, 6.45) is 33.0. The minimum atomic E-state index is -0.922. The second-order valence-electron chi connectivity index (χ2n) is 32.3. The van der Waals surface area contributed by atoms with Crippen LogP contribution < -0.4 is 49.1 Å². The number of carbonyl (C=O) groups excluding carboxylic acids is 16. The molecule has 0 radical (unpaired) electrons. The van der Waals surface area contributed by atoms with Crippen LogP contribution in [-0.4, -0.2) is 221 Å². The van der Waals surface area contributed by atoms with Gasteiger partial charge in [0.2, 0.25) is 35.4 Å². The summed E-state index contributed by atoms with van der Waals surface area (Å²) in [5.74, 6) is -4.83. The number of nitrogens with one attached hydrogen (secondary N) is 6. The van der Waals surface area contributed by atoms with Crippen LogP contribution in [0.4, 0.5) is 0 Å². The molecule has 6 amide bonds. The summed E-state index contributed by atoms with van der Waals surface area (Å²) in [6.45, 7) is 28.6. The lowest BCUT2D eigenvalue weighted by molar-refractivity contribution is -0.147. The molecule has 0 unspecified atom stereocenters. The van der Waals surface area contributed by atoms with Gasteiger partial charge in [-0.25, -0.2) is 0 Å². The monoisotopic (exact) mass is 2020 g/mol. The molecule has 136 heavy (non-hydrogen) atoms. The van der Waals surface area contributed by atoms with Crippen LogP contribution in [-0.2, 0) is 129 Å². The molecule has 0 fully saturated rings.